The van der Waals surface area contributed by atoms with Crippen LogP contribution in [0.5, 0.6) is 0 Å². The van der Waals surface area contributed by atoms with E-state index >= 15 is 0 Å². The fraction of sp³-hybridized carbons (Fsp3) is 0.500. The lowest BCUT2D eigenvalue weighted by Crippen LogP contribution is -2.46. The molecule has 1 aromatic carbocycles. The molecule has 5 nitrogen and oxygen atoms in total. The fourth-order valence-corrected chi connectivity index (χ4v) is 4.18. The molecular formula is C20H29ClN4OS. The number of nitrogens with two attached hydrogens (primary N) is 1. The number of nitrogens with one attached hydrogen (secondary N) is 1. The van der Waals surface area contributed by atoms with E-state index in [-0.39, 0.29) is 18.3 Å². The number of hydrogen-bond acceptors (Lipinski definition) is 5. The van der Waals surface area contributed by atoms with Gasteiger partial charge in [-0.25, -0.2) is 4.98 Å². The summed E-state index contributed by atoms with van der Waals surface area (Å²) < 4.78 is 0. The summed E-state index contributed by atoms with van der Waals surface area (Å²) in [5.74, 6) is 0.0494. The second-order valence-electron chi connectivity index (χ2n) is 6.97. The number of piperidine rings is 1. The molecule has 2 heterocycles. The van der Waals surface area contributed by atoms with Gasteiger partial charge < -0.3 is 11.1 Å². The van der Waals surface area contributed by atoms with E-state index in [0.717, 1.165) is 30.2 Å². The van der Waals surface area contributed by atoms with Crippen LogP contribution in [-0.2, 0) is 11.3 Å². The van der Waals surface area contributed by atoms with Crippen LogP contribution in [-0.4, -0.2) is 41.5 Å². The van der Waals surface area contributed by atoms with Gasteiger partial charge in [0.2, 0.25) is 5.91 Å². The summed E-state index contributed by atoms with van der Waals surface area (Å²) in [7, 11) is 0. The molecule has 3 N–H and O–H groups in total. The number of carbonyl (C=O) groups is 1. The minimum absolute atomic E-state index is 0. The average molecular weight is 409 g/mol. The molecule has 1 aliphatic heterocycles. The smallest absolute Gasteiger partial charge is 0.221 e. The second-order valence-corrected chi connectivity index (χ2v) is 7.83. The third-order valence-electron chi connectivity index (χ3n) is 4.87. The van der Waals surface area contributed by atoms with E-state index in [1.165, 1.54) is 24.0 Å². The Hall–Kier alpha value is -1.47. The molecule has 1 atom stereocenters. The number of nitrogens with zero attached hydrogens (tertiary/aromatic N) is 2. The van der Waals surface area contributed by atoms with E-state index in [0.29, 0.717) is 25.6 Å². The van der Waals surface area contributed by atoms with Gasteiger partial charge >= 0.3 is 0 Å². The maximum Gasteiger partial charge on any atom is 0.221 e. The van der Waals surface area contributed by atoms with Crippen molar-refractivity contribution >= 4 is 29.7 Å². The highest BCUT2D eigenvalue weighted by Crippen LogP contribution is 2.26. The molecule has 0 bridgehead atoms. The number of hydrogen-bond donors (Lipinski definition) is 2. The zero-order chi connectivity index (χ0) is 18.4. The molecule has 148 valence electrons. The van der Waals surface area contributed by atoms with E-state index in [4.69, 9.17) is 10.7 Å². The van der Waals surface area contributed by atoms with Gasteiger partial charge in [0.15, 0.2) is 0 Å². The summed E-state index contributed by atoms with van der Waals surface area (Å²) >= 11 is 1.70. The van der Waals surface area contributed by atoms with Crippen LogP contribution in [0.4, 0.5) is 0 Å². The predicted octanol–water partition coefficient (Wildman–Crippen LogP) is 3.36. The van der Waals surface area contributed by atoms with Crippen molar-refractivity contribution in [2.75, 3.05) is 19.6 Å². The Morgan fingerprint density at radius 2 is 2.11 bits per heavy atom. The first kappa shape index (κ1) is 21.8. The van der Waals surface area contributed by atoms with Crippen LogP contribution in [0.3, 0.4) is 0 Å². The summed E-state index contributed by atoms with van der Waals surface area (Å²) in [6.07, 6.45) is 3.96. The number of rotatable bonds is 7. The van der Waals surface area contributed by atoms with Crippen molar-refractivity contribution in [2.24, 2.45) is 5.73 Å². The number of aryl methyl sites for hydroxylation is 1. The van der Waals surface area contributed by atoms with Crippen molar-refractivity contribution in [2.45, 2.75) is 45.2 Å². The average Bonchev–Trinajstić information content (AvgIpc) is 3.10. The van der Waals surface area contributed by atoms with Gasteiger partial charge in [-0.05, 0) is 26.3 Å². The Balaban J connectivity index is 0.00000261. The maximum absolute atomic E-state index is 11.7. The van der Waals surface area contributed by atoms with Gasteiger partial charge in [0.1, 0.15) is 5.01 Å². The van der Waals surface area contributed by atoms with Crippen molar-refractivity contribution in [3.8, 4) is 10.6 Å². The van der Waals surface area contributed by atoms with E-state index in [9.17, 15) is 4.79 Å². The summed E-state index contributed by atoms with van der Waals surface area (Å²) in [6, 6.07) is 8.90. The van der Waals surface area contributed by atoms with E-state index in [1.54, 1.807) is 11.3 Å². The van der Waals surface area contributed by atoms with Crippen molar-refractivity contribution in [1.29, 1.82) is 0 Å². The molecular weight excluding hydrogens is 380 g/mol. The summed E-state index contributed by atoms with van der Waals surface area (Å²) in [5, 5.41) is 6.26. The van der Waals surface area contributed by atoms with Gasteiger partial charge in [-0.3, -0.25) is 9.69 Å². The van der Waals surface area contributed by atoms with Crippen LogP contribution in [0.25, 0.3) is 10.6 Å². The monoisotopic (exact) mass is 408 g/mol. The Labute approximate surface area is 171 Å². The lowest BCUT2D eigenvalue weighted by molar-refractivity contribution is -0.121. The normalized spacial score (nSPS) is 17.3. The second kappa shape index (κ2) is 10.8. The predicted molar refractivity (Wildman–Crippen MR) is 114 cm³/mol. The molecule has 0 aliphatic carbocycles. The Morgan fingerprint density at radius 3 is 2.85 bits per heavy atom. The number of carbonyl (C=O) groups excluding carboxylic acids is 1. The number of thiazole rings is 1. The quantitative estimate of drug-likeness (QED) is 0.736. The van der Waals surface area contributed by atoms with E-state index in [1.807, 2.05) is 0 Å². The zero-order valence-corrected chi connectivity index (χ0v) is 17.5. The molecule has 0 spiro atoms. The standard InChI is InChI=1S/C20H28N4OS.ClH/c1-15-5-7-16(8-6-15)20-23-17(14-26-20)13-24-11-3-2-4-18(24)12-22-19(25)9-10-21;/h5-8,14,18H,2-4,9-13,21H2,1H3,(H,22,25);1H. The highest BCUT2D eigenvalue weighted by atomic mass is 35.5. The maximum atomic E-state index is 11.7. The Morgan fingerprint density at radius 1 is 1.33 bits per heavy atom. The first-order valence-corrected chi connectivity index (χ1v) is 10.3. The van der Waals surface area contributed by atoms with Crippen LogP contribution in [0, 0.1) is 6.92 Å². The van der Waals surface area contributed by atoms with Crippen LogP contribution in [0.1, 0.15) is 36.9 Å². The van der Waals surface area contributed by atoms with Gasteiger partial charge in [-0.2, -0.15) is 0 Å². The molecule has 0 saturated carbocycles. The molecule has 0 radical (unpaired) electrons. The molecule has 1 saturated heterocycles. The zero-order valence-electron chi connectivity index (χ0n) is 15.8. The highest BCUT2D eigenvalue weighted by Gasteiger charge is 2.23. The minimum Gasteiger partial charge on any atom is -0.354 e. The summed E-state index contributed by atoms with van der Waals surface area (Å²) in [4.78, 5) is 19.0. The van der Waals surface area contributed by atoms with Crippen molar-refractivity contribution in [3.05, 3.63) is 40.9 Å². The largest absolute Gasteiger partial charge is 0.354 e. The third kappa shape index (κ3) is 6.28. The van der Waals surface area contributed by atoms with E-state index in [2.05, 4.69) is 46.8 Å². The van der Waals surface area contributed by atoms with Gasteiger partial charge in [0.25, 0.3) is 0 Å². The summed E-state index contributed by atoms with van der Waals surface area (Å²) in [6.45, 7) is 5.11. The lowest BCUT2D eigenvalue weighted by atomic mass is 10.0. The molecule has 1 aliphatic rings. The third-order valence-corrected chi connectivity index (χ3v) is 5.81. The SMILES string of the molecule is Cc1ccc(-c2nc(CN3CCCCC3CNC(=O)CCN)cs2)cc1.Cl. The van der Waals surface area contributed by atoms with Crippen molar-refractivity contribution in [1.82, 2.24) is 15.2 Å². The number of amides is 1. The minimum atomic E-state index is 0. The van der Waals surface area contributed by atoms with E-state index < -0.39 is 0 Å². The Kier molecular flexibility index (Phi) is 8.70. The summed E-state index contributed by atoms with van der Waals surface area (Å²) in [5.41, 5.74) is 9.00. The lowest BCUT2D eigenvalue weighted by Gasteiger charge is -2.35. The molecule has 1 amide bonds. The molecule has 27 heavy (non-hydrogen) atoms. The molecule has 1 unspecified atom stereocenters. The number of halogens is 1. The molecule has 1 fully saturated rings. The number of aromatic nitrogens is 1. The van der Waals surface area contributed by atoms with Crippen LogP contribution < -0.4 is 11.1 Å². The van der Waals surface area contributed by atoms with Crippen LogP contribution >= 0.6 is 23.7 Å². The Bertz CT molecular complexity index is 719. The number of benzene rings is 1. The fourth-order valence-electron chi connectivity index (χ4n) is 3.37. The molecule has 7 heteroatoms. The molecule has 3 rings (SSSR count). The molecule has 2 aromatic rings. The van der Waals surface area contributed by atoms with Gasteiger partial charge in [-0.15, -0.1) is 23.7 Å². The number of likely N-dealkylation sites (tertiary alicyclic amines) is 1. The van der Waals surface area contributed by atoms with Gasteiger partial charge in [-0.1, -0.05) is 36.2 Å². The molecule has 1 aromatic heterocycles. The first-order valence-electron chi connectivity index (χ1n) is 9.38. The van der Waals surface area contributed by atoms with Crippen molar-refractivity contribution in [3.63, 3.8) is 0 Å². The van der Waals surface area contributed by atoms with Gasteiger partial charge in [0, 0.05) is 43.0 Å². The highest BCUT2D eigenvalue weighted by molar-refractivity contribution is 7.13. The first-order chi connectivity index (χ1) is 12.7. The van der Waals surface area contributed by atoms with Crippen LogP contribution in [0.2, 0.25) is 0 Å². The van der Waals surface area contributed by atoms with Crippen LogP contribution in [0.15, 0.2) is 29.6 Å². The topological polar surface area (TPSA) is 71.2 Å². The van der Waals surface area contributed by atoms with Crippen molar-refractivity contribution < 1.29 is 4.79 Å². The van der Waals surface area contributed by atoms with Gasteiger partial charge in [0.05, 0.1) is 5.69 Å².